The Bertz CT molecular complexity index is 653. The summed E-state index contributed by atoms with van der Waals surface area (Å²) in [4.78, 5) is 29.7. The van der Waals surface area contributed by atoms with Crippen molar-refractivity contribution in [3.05, 3.63) is 29.7 Å². The number of aliphatic hydroxyl groups excluding tert-OH is 1. The molecule has 1 atom stereocenters. The van der Waals surface area contributed by atoms with Gasteiger partial charge in [0.1, 0.15) is 15.6 Å². The van der Waals surface area contributed by atoms with Crippen LogP contribution in [0.5, 0.6) is 0 Å². The fraction of sp³-hybridized carbons (Fsp3) is 0.467. The second-order valence-electron chi connectivity index (χ2n) is 5.56. The van der Waals surface area contributed by atoms with Gasteiger partial charge in [0.2, 0.25) is 0 Å². The lowest BCUT2D eigenvalue weighted by Crippen LogP contribution is -2.50. The molecule has 7 nitrogen and oxygen atoms in total. The number of aliphatic hydroxyl groups is 1. The summed E-state index contributed by atoms with van der Waals surface area (Å²) < 4.78 is 0. The molecular weight excluding hydrogens is 314 g/mol. The number of thiazole rings is 1. The van der Waals surface area contributed by atoms with Crippen LogP contribution in [0.25, 0.3) is 10.7 Å². The van der Waals surface area contributed by atoms with Gasteiger partial charge in [-0.2, -0.15) is 0 Å². The number of carbonyl (C=O) groups is 1. The van der Waals surface area contributed by atoms with Crippen LogP contribution in [0.3, 0.4) is 0 Å². The van der Waals surface area contributed by atoms with Gasteiger partial charge in [-0.25, -0.2) is 4.98 Å². The van der Waals surface area contributed by atoms with E-state index in [4.69, 9.17) is 0 Å². The molecule has 0 bridgehead atoms. The molecule has 1 aliphatic rings. The van der Waals surface area contributed by atoms with Crippen molar-refractivity contribution in [2.45, 2.75) is 13.0 Å². The largest absolute Gasteiger partial charge is 0.392 e. The molecule has 3 heterocycles. The number of piperazine rings is 1. The van der Waals surface area contributed by atoms with E-state index in [9.17, 15) is 9.90 Å². The summed E-state index contributed by atoms with van der Waals surface area (Å²) in [6.07, 6.45) is 6.13. The molecule has 2 aromatic heterocycles. The minimum absolute atomic E-state index is 0.00865. The van der Waals surface area contributed by atoms with Crippen molar-refractivity contribution in [3.63, 3.8) is 0 Å². The third kappa shape index (κ3) is 3.90. The highest BCUT2D eigenvalue weighted by molar-refractivity contribution is 7.16. The minimum Gasteiger partial charge on any atom is -0.392 e. The van der Waals surface area contributed by atoms with Gasteiger partial charge in [-0.05, 0) is 6.92 Å². The molecular formula is C15H19N5O2S. The molecule has 1 aliphatic heterocycles. The molecule has 0 aliphatic carbocycles. The summed E-state index contributed by atoms with van der Waals surface area (Å²) in [5.74, 6) is 0.00865. The standard InChI is InChI=1S/C15H19N5O2S/c1-11(21)10-19-4-6-20(7-5-19)15(22)13-9-18-14(23-13)12-8-16-2-3-17-12/h2-3,8-9,11,21H,4-7,10H2,1H3/t11-/m0/s1. The molecule has 0 saturated carbocycles. The molecule has 0 radical (unpaired) electrons. The lowest BCUT2D eigenvalue weighted by Gasteiger charge is -2.34. The Hall–Kier alpha value is -1.90. The van der Waals surface area contributed by atoms with E-state index < -0.39 is 0 Å². The average molecular weight is 333 g/mol. The fourth-order valence-electron chi connectivity index (χ4n) is 2.56. The molecule has 1 amide bonds. The molecule has 1 saturated heterocycles. The van der Waals surface area contributed by atoms with Crippen molar-refractivity contribution in [3.8, 4) is 10.7 Å². The van der Waals surface area contributed by atoms with Crippen LogP contribution in [0.1, 0.15) is 16.6 Å². The van der Waals surface area contributed by atoms with Gasteiger partial charge in [-0.3, -0.25) is 19.7 Å². The first-order chi connectivity index (χ1) is 11.1. The van der Waals surface area contributed by atoms with Crippen molar-refractivity contribution >= 4 is 17.2 Å². The van der Waals surface area contributed by atoms with Gasteiger partial charge < -0.3 is 10.0 Å². The quantitative estimate of drug-likeness (QED) is 0.889. The molecule has 1 fully saturated rings. The Morgan fingerprint density at radius 1 is 1.26 bits per heavy atom. The van der Waals surface area contributed by atoms with Crippen LogP contribution in [0, 0.1) is 0 Å². The Balaban J connectivity index is 1.62. The lowest BCUT2D eigenvalue weighted by atomic mass is 10.2. The third-order valence-electron chi connectivity index (χ3n) is 3.68. The van der Waals surface area contributed by atoms with Crippen LogP contribution < -0.4 is 0 Å². The van der Waals surface area contributed by atoms with E-state index in [1.165, 1.54) is 11.3 Å². The topological polar surface area (TPSA) is 82.5 Å². The van der Waals surface area contributed by atoms with Gasteiger partial charge in [-0.1, -0.05) is 0 Å². The Morgan fingerprint density at radius 2 is 2.04 bits per heavy atom. The summed E-state index contributed by atoms with van der Waals surface area (Å²) in [6.45, 7) is 5.34. The molecule has 23 heavy (non-hydrogen) atoms. The van der Waals surface area contributed by atoms with Crippen LogP contribution in [0.4, 0.5) is 0 Å². The second-order valence-corrected chi connectivity index (χ2v) is 6.59. The predicted molar refractivity (Wildman–Crippen MR) is 87.2 cm³/mol. The van der Waals surface area contributed by atoms with E-state index in [0.29, 0.717) is 35.2 Å². The molecule has 0 unspecified atom stereocenters. The Labute approximate surface area is 138 Å². The number of rotatable bonds is 4. The van der Waals surface area contributed by atoms with Crippen molar-refractivity contribution in [1.29, 1.82) is 0 Å². The molecule has 8 heteroatoms. The number of aromatic nitrogens is 3. The van der Waals surface area contributed by atoms with Crippen LogP contribution in [-0.2, 0) is 0 Å². The molecule has 2 aromatic rings. The molecule has 3 rings (SSSR count). The minimum atomic E-state index is -0.340. The summed E-state index contributed by atoms with van der Waals surface area (Å²) in [7, 11) is 0. The molecule has 0 spiro atoms. The Kier molecular flexibility index (Phi) is 4.94. The van der Waals surface area contributed by atoms with Crippen LogP contribution in [0.2, 0.25) is 0 Å². The van der Waals surface area contributed by atoms with Gasteiger partial charge in [-0.15, -0.1) is 11.3 Å². The normalized spacial score (nSPS) is 17.2. The van der Waals surface area contributed by atoms with Gasteiger partial charge >= 0.3 is 0 Å². The molecule has 122 valence electrons. The van der Waals surface area contributed by atoms with E-state index in [2.05, 4.69) is 19.9 Å². The van der Waals surface area contributed by atoms with Crippen molar-refractivity contribution < 1.29 is 9.90 Å². The number of amides is 1. The zero-order valence-electron chi connectivity index (χ0n) is 12.9. The first-order valence-corrected chi connectivity index (χ1v) is 8.37. The first kappa shape index (κ1) is 16.0. The van der Waals surface area contributed by atoms with Crippen LogP contribution >= 0.6 is 11.3 Å². The summed E-state index contributed by atoms with van der Waals surface area (Å²) >= 11 is 1.34. The average Bonchev–Trinajstić information content (AvgIpc) is 3.05. The first-order valence-electron chi connectivity index (χ1n) is 7.55. The van der Waals surface area contributed by atoms with Crippen molar-refractivity contribution in [2.24, 2.45) is 0 Å². The number of β-amino-alcohol motifs (C(OH)–C–C–N with tert-alkyl or cyclic N) is 1. The highest BCUT2D eigenvalue weighted by Gasteiger charge is 2.24. The number of carbonyl (C=O) groups excluding carboxylic acids is 1. The molecule has 1 N–H and O–H groups in total. The summed E-state index contributed by atoms with van der Waals surface area (Å²) in [5, 5.41) is 10.1. The van der Waals surface area contributed by atoms with Crippen molar-refractivity contribution in [1.82, 2.24) is 24.8 Å². The van der Waals surface area contributed by atoms with E-state index >= 15 is 0 Å². The van der Waals surface area contributed by atoms with E-state index in [1.807, 2.05) is 4.90 Å². The highest BCUT2D eigenvalue weighted by atomic mass is 32.1. The van der Waals surface area contributed by atoms with Crippen molar-refractivity contribution in [2.75, 3.05) is 32.7 Å². The Morgan fingerprint density at radius 3 is 2.70 bits per heavy atom. The lowest BCUT2D eigenvalue weighted by molar-refractivity contribution is 0.0558. The van der Waals surface area contributed by atoms with E-state index in [1.54, 1.807) is 31.7 Å². The predicted octanol–water partition coefficient (Wildman–Crippen LogP) is 0.739. The third-order valence-corrected chi connectivity index (χ3v) is 4.69. The SMILES string of the molecule is C[C@H](O)CN1CCN(C(=O)c2cnc(-c3cnccn3)s2)CC1. The molecule has 0 aromatic carbocycles. The maximum absolute atomic E-state index is 12.6. The van der Waals surface area contributed by atoms with Gasteiger partial charge in [0.05, 0.1) is 18.5 Å². The highest BCUT2D eigenvalue weighted by Crippen LogP contribution is 2.24. The van der Waals surface area contributed by atoms with E-state index in [-0.39, 0.29) is 12.0 Å². The van der Waals surface area contributed by atoms with Gasteiger partial charge in [0, 0.05) is 45.1 Å². The number of hydrogen-bond acceptors (Lipinski definition) is 7. The summed E-state index contributed by atoms with van der Waals surface area (Å²) in [6, 6.07) is 0. The summed E-state index contributed by atoms with van der Waals surface area (Å²) in [5.41, 5.74) is 0.679. The number of nitrogens with zero attached hydrogens (tertiary/aromatic N) is 5. The number of hydrogen-bond donors (Lipinski definition) is 1. The van der Waals surface area contributed by atoms with E-state index in [0.717, 1.165) is 13.1 Å². The van der Waals surface area contributed by atoms with Gasteiger partial charge in [0.15, 0.2) is 0 Å². The monoisotopic (exact) mass is 333 g/mol. The second kappa shape index (κ2) is 7.12. The van der Waals surface area contributed by atoms with Crippen LogP contribution in [-0.4, -0.2) is 74.6 Å². The maximum atomic E-state index is 12.6. The zero-order chi connectivity index (χ0) is 16.2. The fourth-order valence-corrected chi connectivity index (χ4v) is 3.41. The smallest absolute Gasteiger partial charge is 0.265 e. The maximum Gasteiger partial charge on any atom is 0.265 e. The zero-order valence-corrected chi connectivity index (χ0v) is 13.7. The van der Waals surface area contributed by atoms with Gasteiger partial charge in [0.25, 0.3) is 5.91 Å². The van der Waals surface area contributed by atoms with Crippen LogP contribution in [0.15, 0.2) is 24.8 Å².